The first-order valence-electron chi connectivity index (χ1n) is 7.93. The highest BCUT2D eigenvalue weighted by Crippen LogP contribution is 2.30. The molecule has 1 aliphatic rings. The van der Waals surface area contributed by atoms with E-state index in [1.165, 1.54) is 19.3 Å². The Labute approximate surface area is 128 Å². The molecule has 1 aromatic rings. The van der Waals surface area contributed by atoms with E-state index < -0.39 is 5.54 Å². The molecule has 0 radical (unpaired) electrons. The Balaban J connectivity index is 1.96. The van der Waals surface area contributed by atoms with Crippen molar-refractivity contribution in [3.05, 3.63) is 35.9 Å². The molecule has 0 bridgehead atoms. The summed E-state index contributed by atoms with van der Waals surface area (Å²) in [5.74, 6) is 0. The molecule has 0 saturated carbocycles. The summed E-state index contributed by atoms with van der Waals surface area (Å²) in [6, 6.07) is 12.1. The lowest BCUT2D eigenvalue weighted by molar-refractivity contribution is 0.246. The molecule has 0 spiro atoms. The Morgan fingerprint density at radius 1 is 1.24 bits per heavy atom. The quantitative estimate of drug-likeness (QED) is 0.923. The van der Waals surface area contributed by atoms with Crippen molar-refractivity contribution in [2.75, 3.05) is 19.6 Å². The van der Waals surface area contributed by atoms with Crippen LogP contribution in [0.25, 0.3) is 0 Å². The van der Waals surface area contributed by atoms with E-state index in [1.54, 1.807) is 0 Å². The summed E-state index contributed by atoms with van der Waals surface area (Å²) >= 11 is 0. The fourth-order valence-electron chi connectivity index (χ4n) is 3.04. The van der Waals surface area contributed by atoms with Gasteiger partial charge in [0.2, 0.25) is 0 Å². The van der Waals surface area contributed by atoms with Crippen LogP contribution in [0.1, 0.15) is 45.1 Å². The van der Waals surface area contributed by atoms with Gasteiger partial charge in [0.15, 0.2) is 0 Å². The van der Waals surface area contributed by atoms with Crippen LogP contribution in [0, 0.1) is 16.7 Å². The van der Waals surface area contributed by atoms with Crippen molar-refractivity contribution in [2.24, 2.45) is 11.1 Å². The number of nitriles is 1. The lowest BCUT2D eigenvalue weighted by Crippen LogP contribution is -2.39. The van der Waals surface area contributed by atoms with E-state index in [1.807, 2.05) is 30.3 Å². The third-order valence-corrected chi connectivity index (χ3v) is 4.74. The molecule has 114 valence electrons. The Bertz CT molecular complexity index is 489. The van der Waals surface area contributed by atoms with Crippen LogP contribution in [0.15, 0.2) is 30.3 Å². The van der Waals surface area contributed by atoms with Gasteiger partial charge in [0.25, 0.3) is 0 Å². The second kappa shape index (κ2) is 6.60. The first kappa shape index (κ1) is 16.0. The van der Waals surface area contributed by atoms with Crippen molar-refractivity contribution in [3.8, 4) is 6.07 Å². The van der Waals surface area contributed by atoms with Crippen LogP contribution in [0.4, 0.5) is 0 Å². The molecule has 1 aromatic carbocycles. The van der Waals surface area contributed by atoms with Crippen molar-refractivity contribution in [2.45, 2.75) is 45.1 Å². The first-order valence-corrected chi connectivity index (χ1v) is 7.93. The van der Waals surface area contributed by atoms with Crippen LogP contribution in [-0.4, -0.2) is 24.5 Å². The number of nitrogens with zero attached hydrogens (tertiary/aromatic N) is 2. The van der Waals surface area contributed by atoms with Gasteiger partial charge in [-0.2, -0.15) is 5.26 Å². The topological polar surface area (TPSA) is 53.0 Å². The van der Waals surface area contributed by atoms with Gasteiger partial charge in [0.05, 0.1) is 6.07 Å². The largest absolute Gasteiger partial charge is 0.310 e. The summed E-state index contributed by atoms with van der Waals surface area (Å²) in [4.78, 5) is 2.47. The predicted octanol–water partition coefficient (Wildman–Crippen LogP) is 3.27. The first-order chi connectivity index (χ1) is 9.95. The average molecular weight is 285 g/mol. The van der Waals surface area contributed by atoms with Crippen molar-refractivity contribution in [3.63, 3.8) is 0 Å². The number of nitrogens with two attached hydrogens (primary N) is 1. The highest BCUT2D eigenvalue weighted by atomic mass is 15.1. The van der Waals surface area contributed by atoms with Gasteiger partial charge in [0.1, 0.15) is 5.54 Å². The molecule has 0 aliphatic carbocycles. The van der Waals surface area contributed by atoms with E-state index in [-0.39, 0.29) is 0 Å². The van der Waals surface area contributed by atoms with Gasteiger partial charge in [-0.25, -0.2) is 0 Å². The van der Waals surface area contributed by atoms with E-state index in [9.17, 15) is 5.26 Å². The summed E-state index contributed by atoms with van der Waals surface area (Å²) in [7, 11) is 0. The zero-order chi connectivity index (χ0) is 15.3. The molecule has 2 N–H and O–H groups in total. The summed E-state index contributed by atoms with van der Waals surface area (Å²) < 4.78 is 0. The summed E-state index contributed by atoms with van der Waals surface area (Å²) in [6.07, 6.45) is 4.44. The van der Waals surface area contributed by atoms with Crippen LogP contribution < -0.4 is 5.73 Å². The second-order valence-corrected chi connectivity index (χ2v) is 7.06. The molecule has 3 heteroatoms. The molecule has 3 nitrogen and oxygen atoms in total. The van der Waals surface area contributed by atoms with Crippen molar-refractivity contribution < 1.29 is 0 Å². The zero-order valence-electron chi connectivity index (χ0n) is 13.3. The minimum atomic E-state index is -0.872. The number of likely N-dealkylation sites (tertiary alicyclic amines) is 1. The third-order valence-electron chi connectivity index (χ3n) is 4.74. The highest BCUT2D eigenvalue weighted by Gasteiger charge is 2.29. The van der Waals surface area contributed by atoms with Gasteiger partial charge in [-0.05, 0) is 49.8 Å². The molecule has 1 saturated heterocycles. The van der Waals surface area contributed by atoms with Gasteiger partial charge in [0, 0.05) is 6.54 Å². The molecule has 2 rings (SSSR count). The van der Waals surface area contributed by atoms with Gasteiger partial charge in [-0.3, -0.25) is 0 Å². The van der Waals surface area contributed by atoms with Crippen LogP contribution in [0.2, 0.25) is 0 Å². The lowest BCUT2D eigenvalue weighted by Gasteiger charge is -2.27. The Hall–Kier alpha value is -1.37. The molecule has 0 aromatic heterocycles. The van der Waals surface area contributed by atoms with Gasteiger partial charge < -0.3 is 10.6 Å². The molecular weight excluding hydrogens is 258 g/mol. The minimum absolute atomic E-state index is 0.448. The SMILES string of the molecule is CC1(C)CCCN(CCC(N)(C#N)c2ccccc2)CC1. The zero-order valence-corrected chi connectivity index (χ0v) is 13.3. The normalized spacial score (nSPS) is 22.0. The smallest absolute Gasteiger partial charge is 0.131 e. The van der Waals surface area contributed by atoms with Crippen molar-refractivity contribution >= 4 is 0 Å². The van der Waals surface area contributed by atoms with Crippen LogP contribution >= 0.6 is 0 Å². The molecular formula is C18H27N3. The van der Waals surface area contributed by atoms with Gasteiger partial charge >= 0.3 is 0 Å². The number of benzene rings is 1. The minimum Gasteiger partial charge on any atom is -0.310 e. The Morgan fingerprint density at radius 2 is 1.95 bits per heavy atom. The summed E-state index contributed by atoms with van der Waals surface area (Å²) in [5, 5.41) is 9.51. The highest BCUT2D eigenvalue weighted by molar-refractivity contribution is 5.30. The maximum Gasteiger partial charge on any atom is 0.131 e. The van der Waals surface area contributed by atoms with E-state index in [4.69, 9.17) is 5.73 Å². The monoisotopic (exact) mass is 285 g/mol. The van der Waals surface area contributed by atoms with E-state index in [0.29, 0.717) is 11.8 Å². The van der Waals surface area contributed by atoms with Crippen LogP contribution in [-0.2, 0) is 5.54 Å². The fourth-order valence-corrected chi connectivity index (χ4v) is 3.04. The van der Waals surface area contributed by atoms with E-state index in [2.05, 4.69) is 24.8 Å². The Morgan fingerprint density at radius 3 is 2.62 bits per heavy atom. The maximum atomic E-state index is 9.51. The standard InChI is InChI=1S/C18H27N3/c1-17(2)9-6-12-21(13-10-17)14-11-18(20,15-19)16-7-4-3-5-8-16/h3-5,7-8H,6,9-14,20H2,1-2H3. The predicted molar refractivity (Wildman–Crippen MR) is 86.6 cm³/mol. The van der Waals surface area contributed by atoms with Gasteiger partial charge in [-0.1, -0.05) is 44.2 Å². The van der Waals surface area contributed by atoms with E-state index >= 15 is 0 Å². The molecule has 1 heterocycles. The fraction of sp³-hybridized carbons (Fsp3) is 0.611. The summed E-state index contributed by atoms with van der Waals surface area (Å²) in [5.41, 5.74) is 6.84. The number of hydrogen-bond acceptors (Lipinski definition) is 3. The lowest BCUT2D eigenvalue weighted by atomic mass is 9.85. The van der Waals surface area contributed by atoms with Gasteiger partial charge in [-0.15, -0.1) is 0 Å². The van der Waals surface area contributed by atoms with Crippen molar-refractivity contribution in [1.29, 1.82) is 5.26 Å². The van der Waals surface area contributed by atoms with Crippen molar-refractivity contribution in [1.82, 2.24) is 4.90 Å². The molecule has 21 heavy (non-hydrogen) atoms. The summed E-state index contributed by atoms with van der Waals surface area (Å²) in [6.45, 7) is 7.84. The van der Waals surface area contributed by atoms with Crippen LogP contribution in [0.5, 0.6) is 0 Å². The third kappa shape index (κ3) is 4.30. The second-order valence-electron chi connectivity index (χ2n) is 7.06. The molecule has 1 fully saturated rings. The Kier molecular flexibility index (Phi) is 5.03. The van der Waals surface area contributed by atoms with Crippen LogP contribution in [0.3, 0.4) is 0 Å². The maximum absolute atomic E-state index is 9.51. The molecule has 0 amide bonds. The average Bonchev–Trinajstić information content (AvgIpc) is 2.66. The molecule has 1 atom stereocenters. The number of rotatable bonds is 4. The van der Waals surface area contributed by atoms with E-state index in [0.717, 1.165) is 25.2 Å². The number of hydrogen-bond donors (Lipinski definition) is 1. The molecule has 1 unspecified atom stereocenters. The molecule has 1 aliphatic heterocycles.